The molecule has 5 heteroatoms. The second-order valence-corrected chi connectivity index (χ2v) is 4.95. The zero-order valence-electron chi connectivity index (χ0n) is 10.6. The topological polar surface area (TPSA) is 49.9 Å². The molecule has 2 amide bonds. The lowest BCUT2D eigenvalue weighted by Gasteiger charge is -2.19. The summed E-state index contributed by atoms with van der Waals surface area (Å²) in [5, 5.41) is 1.61. The number of likely N-dealkylation sites (N-methyl/N-ethyl adjacent to an activating group) is 2. The molecular weight excluding hydrogens is 220 g/mol. The number of likely N-dealkylation sites (tertiary alicyclic amines) is 1. The van der Waals surface area contributed by atoms with E-state index in [1.165, 1.54) is 11.9 Å². The number of carbonyl (C=O) groups excluding carboxylic acids is 2. The molecule has 3 atom stereocenters. The SMILES string of the molecule is CC(C)/C=C/C1C2C(=O)N(C)C(=O)C2ON1C. The summed E-state index contributed by atoms with van der Waals surface area (Å²) in [6.45, 7) is 4.13. The van der Waals surface area contributed by atoms with Gasteiger partial charge in [-0.15, -0.1) is 0 Å². The van der Waals surface area contributed by atoms with Crippen LogP contribution in [0, 0.1) is 11.8 Å². The van der Waals surface area contributed by atoms with E-state index in [0.717, 1.165) is 0 Å². The molecule has 2 heterocycles. The number of nitrogens with zero attached hydrogens (tertiary/aromatic N) is 2. The fourth-order valence-corrected chi connectivity index (χ4v) is 2.29. The Bertz CT molecular complexity index is 378. The van der Waals surface area contributed by atoms with Crippen LogP contribution in [0.15, 0.2) is 12.2 Å². The van der Waals surface area contributed by atoms with Gasteiger partial charge in [0.15, 0.2) is 6.10 Å². The monoisotopic (exact) mass is 238 g/mol. The first-order valence-corrected chi connectivity index (χ1v) is 5.83. The van der Waals surface area contributed by atoms with Gasteiger partial charge >= 0.3 is 0 Å². The largest absolute Gasteiger partial charge is 0.284 e. The van der Waals surface area contributed by atoms with Crippen LogP contribution in [-0.4, -0.2) is 48.0 Å². The Morgan fingerprint density at radius 2 is 1.88 bits per heavy atom. The number of hydroxylamine groups is 2. The Kier molecular flexibility index (Phi) is 3.05. The molecule has 0 radical (unpaired) electrons. The highest BCUT2D eigenvalue weighted by atomic mass is 16.7. The molecule has 2 fully saturated rings. The van der Waals surface area contributed by atoms with E-state index in [2.05, 4.69) is 13.8 Å². The molecule has 94 valence electrons. The summed E-state index contributed by atoms with van der Waals surface area (Å²) >= 11 is 0. The van der Waals surface area contributed by atoms with Gasteiger partial charge in [-0.1, -0.05) is 26.0 Å². The quantitative estimate of drug-likeness (QED) is 0.517. The zero-order chi connectivity index (χ0) is 12.7. The van der Waals surface area contributed by atoms with Gasteiger partial charge in [0.2, 0.25) is 5.91 Å². The van der Waals surface area contributed by atoms with Crippen molar-refractivity contribution in [3.8, 4) is 0 Å². The first-order valence-electron chi connectivity index (χ1n) is 5.83. The summed E-state index contributed by atoms with van der Waals surface area (Å²) < 4.78 is 0. The van der Waals surface area contributed by atoms with E-state index in [9.17, 15) is 9.59 Å². The molecule has 0 aromatic carbocycles. The van der Waals surface area contributed by atoms with Crippen LogP contribution >= 0.6 is 0 Å². The predicted octanol–water partition coefficient (Wildman–Crippen LogP) is 0.428. The average Bonchev–Trinajstić information content (AvgIpc) is 2.68. The number of amides is 2. The molecule has 0 bridgehead atoms. The van der Waals surface area contributed by atoms with Crippen molar-refractivity contribution in [1.29, 1.82) is 0 Å². The summed E-state index contributed by atoms with van der Waals surface area (Å²) in [6.07, 6.45) is 3.35. The van der Waals surface area contributed by atoms with Gasteiger partial charge in [0.25, 0.3) is 5.91 Å². The normalized spacial score (nSPS) is 34.4. The lowest BCUT2D eigenvalue weighted by Crippen LogP contribution is -2.36. The van der Waals surface area contributed by atoms with Gasteiger partial charge in [-0.05, 0) is 5.92 Å². The van der Waals surface area contributed by atoms with Gasteiger partial charge in [-0.3, -0.25) is 19.3 Å². The van der Waals surface area contributed by atoms with Gasteiger partial charge in [-0.2, -0.15) is 5.06 Å². The van der Waals surface area contributed by atoms with Gasteiger partial charge in [0, 0.05) is 14.1 Å². The Balaban J connectivity index is 2.24. The highest BCUT2D eigenvalue weighted by molar-refractivity contribution is 6.07. The number of carbonyl (C=O) groups is 2. The molecule has 0 aromatic rings. The summed E-state index contributed by atoms with van der Waals surface area (Å²) in [7, 11) is 3.27. The molecule has 2 aliphatic rings. The standard InChI is InChI=1S/C12H18N2O3/c1-7(2)5-6-8-9-10(17-14(8)4)12(16)13(3)11(9)15/h5-10H,1-4H3/b6-5+. The number of rotatable bonds is 2. The molecule has 5 nitrogen and oxygen atoms in total. The highest BCUT2D eigenvalue weighted by Gasteiger charge is 2.56. The average molecular weight is 238 g/mol. The van der Waals surface area contributed by atoms with Crippen LogP contribution in [0.25, 0.3) is 0 Å². The summed E-state index contributed by atoms with van der Waals surface area (Å²) in [6, 6.07) is -0.149. The van der Waals surface area contributed by atoms with Crippen LogP contribution in [0.1, 0.15) is 13.8 Å². The maximum absolute atomic E-state index is 12.0. The third-order valence-corrected chi connectivity index (χ3v) is 3.28. The molecule has 2 saturated heterocycles. The van der Waals surface area contributed by atoms with Gasteiger partial charge in [0.05, 0.1) is 12.0 Å². The number of hydrogen-bond acceptors (Lipinski definition) is 4. The second kappa shape index (κ2) is 4.23. The van der Waals surface area contributed by atoms with Crippen LogP contribution in [0.2, 0.25) is 0 Å². The molecular formula is C12H18N2O3. The van der Waals surface area contributed by atoms with E-state index in [1.807, 2.05) is 12.2 Å². The summed E-state index contributed by atoms with van der Waals surface area (Å²) in [5.74, 6) is -0.380. The molecule has 0 spiro atoms. The molecule has 3 unspecified atom stereocenters. The lowest BCUT2D eigenvalue weighted by atomic mass is 9.96. The molecule has 2 aliphatic heterocycles. The van der Waals surface area contributed by atoms with Crippen molar-refractivity contribution in [1.82, 2.24) is 9.96 Å². The smallest absolute Gasteiger partial charge is 0.261 e. The summed E-state index contributed by atoms with van der Waals surface area (Å²) in [5.41, 5.74) is 0. The van der Waals surface area contributed by atoms with Crippen LogP contribution in [0.4, 0.5) is 0 Å². The van der Waals surface area contributed by atoms with Gasteiger partial charge < -0.3 is 0 Å². The minimum Gasteiger partial charge on any atom is -0.284 e. The first kappa shape index (κ1) is 12.3. The Hall–Kier alpha value is -1.20. The third-order valence-electron chi connectivity index (χ3n) is 3.28. The number of imide groups is 1. The van der Waals surface area contributed by atoms with Crippen molar-refractivity contribution in [2.24, 2.45) is 11.8 Å². The first-order chi connectivity index (χ1) is 7.93. The lowest BCUT2D eigenvalue weighted by molar-refractivity contribution is -0.165. The van der Waals surface area contributed by atoms with Crippen molar-refractivity contribution in [3.05, 3.63) is 12.2 Å². The molecule has 0 N–H and O–H groups in total. The van der Waals surface area contributed by atoms with Crippen LogP contribution in [0.5, 0.6) is 0 Å². The molecule has 0 saturated carbocycles. The van der Waals surface area contributed by atoms with Crippen molar-refractivity contribution >= 4 is 11.8 Å². The van der Waals surface area contributed by atoms with Gasteiger partial charge in [-0.25, -0.2) is 0 Å². The van der Waals surface area contributed by atoms with Gasteiger partial charge in [0.1, 0.15) is 0 Å². The second-order valence-electron chi connectivity index (χ2n) is 4.95. The number of fused-ring (bicyclic) bond motifs is 1. The molecule has 0 aromatic heterocycles. The molecule has 17 heavy (non-hydrogen) atoms. The van der Waals surface area contributed by atoms with E-state index in [0.29, 0.717) is 5.92 Å². The Morgan fingerprint density at radius 3 is 2.47 bits per heavy atom. The van der Waals surface area contributed by atoms with Crippen LogP contribution in [0.3, 0.4) is 0 Å². The number of hydrogen-bond donors (Lipinski definition) is 0. The maximum atomic E-state index is 12.0. The summed E-state index contributed by atoms with van der Waals surface area (Å²) in [4.78, 5) is 30.3. The fourth-order valence-electron chi connectivity index (χ4n) is 2.29. The predicted molar refractivity (Wildman–Crippen MR) is 61.7 cm³/mol. The Labute approximate surface area is 101 Å². The van der Waals surface area contributed by atoms with Crippen molar-refractivity contribution in [2.75, 3.05) is 14.1 Å². The maximum Gasteiger partial charge on any atom is 0.261 e. The van der Waals surface area contributed by atoms with Crippen molar-refractivity contribution < 1.29 is 14.4 Å². The van der Waals surface area contributed by atoms with Crippen molar-refractivity contribution in [2.45, 2.75) is 26.0 Å². The molecule has 0 aliphatic carbocycles. The van der Waals surface area contributed by atoms with E-state index >= 15 is 0 Å². The van der Waals surface area contributed by atoms with Crippen LogP contribution in [-0.2, 0) is 14.4 Å². The Morgan fingerprint density at radius 1 is 1.24 bits per heavy atom. The minimum atomic E-state index is -0.640. The van der Waals surface area contributed by atoms with E-state index in [-0.39, 0.29) is 17.9 Å². The molecule has 2 rings (SSSR count). The highest BCUT2D eigenvalue weighted by Crippen LogP contribution is 2.34. The number of allylic oxidation sites excluding steroid dienone is 1. The fraction of sp³-hybridized carbons (Fsp3) is 0.667. The third kappa shape index (κ3) is 1.89. The van der Waals surface area contributed by atoms with E-state index in [4.69, 9.17) is 4.84 Å². The zero-order valence-corrected chi connectivity index (χ0v) is 10.6. The van der Waals surface area contributed by atoms with E-state index < -0.39 is 12.0 Å². The van der Waals surface area contributed by atoms with Crippen LogP contribution < -0.4 is 0 Å². The van der Waals surface area contributed by atoms with Crippen molar-refractivity contribution in [3.63, 3.8) is 0 Å². The minimum absolute atomic E-state index is 0.149. The van der Waals surface area contributed by atoms with E-state index in [1.54, 1.807) is 12.1 Å².